The number of hydrogen-bond acceptors (Lipinski definition) is 6. The predicted octanol–water partition coefficient (Wildman–Crippen LogP) is 4.40. The fourth-order valence-corrected chi connectivity index (χ4v) is 5.08. The molecule has 0 amide bonds. The van der Waals surface area contributed by atoms with Crippen LogP contribution in [0, 0.1) is 31.2 Å². The average molecular weight is 434 g/mol. The lowest BCUT2D eigenvalue weighted by Crippen LogP contribution is -2.58. The molecular weight excluding hydrogens is 406 g/mol. The molecule has 1 unspecified atom stereocenters. The van der Waals surface area contributed by atoms with E-state index in [9.17, 15) is 5.26 Å². The third-order valence-electron chi connectivity index (χ3n) is 5.82. The quantitative estimate of drug-likeness (QED) is 0.375. The largest absolute Gasteiger partial charge is 0.351 e. The molecule has 3 aromatic rings. The molecule has 1 atom stereocenters. The van der Waals surface area contributed by atoms with E-state index < -0.39 is 0 Å². The summed E-state index contributed by atoms with van der Waals surface area (Å²) in [5.41, 5.74) is 4.30. The smallest absolute Gasteiger partial charge is 0.214 e. The number of nitrogens with zero attached hydrogens (tertiary/aromatic N) is 6. The number of hydrogen-bond donors (Lipinski definition) is 1. The van der Waals surface area contributed by atoms with Crippen LogP contribution in [0.1, 0.15) is 25.0 Å². The highest BCUT2D eigenvalue weighted by atomic mass is 32.1. The Morgan fingerprint density at radius 2 is 2.03 bits per heavy atom. The lowest BCUT2D eigenvalue weighted by atomic mass is 9.99. The van der Waals surface area contributed by atoms with E-state index in [1.165, 1.54) is 5.56 Å². The van der Waals surface area contributed by atoms with E-state index in [1.807, 2.05) is 37.4 Å². The number of rotatable bonds is 3. The van der Waals surface area contributed by atoms with Crippen LogP contribution in [-0.2, 0) is 0 Å². The summed E-state index contributed by atoms with van der Waals surface area (Å²) in [6, 6.07) is 8.24. The van der Waals surface area contributed by atoms with Gasteiger partial charge in [-0.05, 0) is 42.3 Å². The van der Waals surface area contributed by atoms with Crippen LogP contribution in [0.2, 0.25) is 0 Å². The molecule has 7 nitrogen and oxygen atoms in total. The molecular formula is C23H27N7S. The van der Waals surface area contributed by atoms with Gasteiger partial charge in [0.1, 0.15) is 12.1 Å². The summed E-state index contributed by atoms with van der Waals surface area (Å²) < 4.78 is 1.14. The second-order valence-electron chi connectivity index (χ2n) is 8.22. The number of aromatic nitrogens is 2. The minimum Gasteiger partial charge on any atom is -0.351 e. The minimum absolute atomic E-state index is 0.184. The van der Waals surface area contributed by atoms with E-state index in [4.69, 9.17) is 0 Å². The zero-order valence-corrected chi connectivity index (χ0v) is 19.1. The first kappa shape index (κ1) is 21.1. The van der Waals surface area contributed by atoms with E-state index in [0.717, 1.165) is 46.9 Å². The topological polar surface area (TPSA) is 80.4 Å². The summed E-state index contributed by atoms with van der Waals surface area (Å²) in [7, 11) is 0. The molecule has 0 bridgehead atoms. The number of para-hydroxylation sites is 1. The second kappa shape index (κ2) is 8.90. The van der Waals surface area contributed by atoms with Gasteiger partial charge in [0.05, 0.1) is 16.3 Å². The summed E-state index contributed by atoms with van der Waals surface area (Å²) in [5.74, 6) is 1.97. The molecule has 1 aliphatic rings. The van der Waals surface area contributed by atoms with Crippen molar-refractivity contribution < 1.29 is 0 Å². The van der Waals surface area contributed by atoms with E-state index in [-0.39, 0.29) is 6.04 Å². The van der Waals surface area contributed by atoms with Crippen LogP contribution in [0.25, 0.3) is 10.2 Å². The molecule has 1 saturated heterocycles. The molecule has 1 aliphatic heterocycles. The third-order valence-corrected chi connectivity index (χ3v) is 6.90. The van der Waals surface area contributed by atoms with Crippen molar-refractivity contribution in [1.82, 2.24) is 14.9 Å². The molecule has 1 fully saturated rings. The Morgan fingerprint density at radius 1 is 1.23 bits per heavy atom. The first-order valence-corrected chi connectivity index (χ1v) is 11.4. The number of aryl methyl sites for hydroxylation is 2. The van der Waals surface area contributed by atoms with Gasteiger partial charge in [-0.3, -0.25) is 0 Å². The van der Waals surface area contributed by atoms with Gasteiger partial charge in [0.25, 0.3) is 0 Å². The highest BCUT2D eigenvalue weighted by molar-refractivity contribution is 7.18. The Labute approximate surface area is 187 Å². The first-order chi connectivity index (χ1) is 15.0. The fourth-order valence-electron chi connectivity index (χ4n) is 4.06. The van der Waals surface area contributed by atoms with Gasteiger partial charge in [-0.15, -0.1) is 16.3 Å². The lowest BCUT2D eigenvalue weighted by molar-refractivity contribution is 0.224. The maximum atomic E-state index is 9.36. The van der Waals surface area contributed by atoms with Crippen LogP contribution in [-0.4, -0.2) is 46.5 Å². The number of anilines is 2. The van der Waals surface area contributed by atoms with Crippen LogP contribution in [0.4, 0.5) is 11.5 Å². The fraction of sp³-hybridized carbons (Fsp3) is 0.391. The lowest BCUT2D eigenvalue weighted by Gasteiger charge is -2.45. The summed E-state index contributed by atoms with van der Waals surface area (Å²) in [5, 5.41) is 14.9. The zero-order chi connectivity index (χ0) is 22.0. The monoisotopic (exact) mass is 433 g/mol. The molecule has 1 aromatic carbocycles. The number of nitriles is 1. The van der Waals surface area contributed by atoms with E-state index >= 15 is 0 Å². The molecule has 0 radical (unpaired) electrons. The van der Waals surface area contributed by atoms with E-state index in [0.29, 0.717) is 11.9 Å². The normalized spacial score (nSPS) is 17.3. The average Bonchev–Trinajstić information content (AvgIpc) is 3.15. The van der Waals surface area contributed by atoms with Crippen LogP contribution in [0.5, 0.6) is 0 Å². The molecule has 160 valence electrons. The van der Waals surface area contributed by atoms with Crippen molar-refractivity contribution in [2.45, 2.75) is 33.7 Å². The highest BCUT2D eigenvalue weighted by Crippen LogP contribution is 2.32. The Bertz CT molecular complexity index is 1140. The van der Waals surface area contributed by atoms with Crippen LogP contribution in [0.3, 0.4) is 0 Å². The van der Waals surface area contributed by atoms with Gasteiger partial charge in [-0.25, -0.2) is 9.97 Å². The molecule has 4 rings (SSSR count). The van der Waals surface area contributed by atoms with Crippen molar-refractivity contribution in [3.05, 3.63) is 47.1 Å². The Morgan fingerprint density at radius 3 is 2.77 bits per heavy atom. The SMILES string of the molecule is Cc1ccccc1N/C(=N/C#N)N1CCN(c2ncnc3c(C)csc23)CC1C(C)C. The molecule has 1 N–H and O–H groups in total. The highest BCUT2D eigenvalue weighted by Gasteiger charge is 2.33. The first-order valence-electron chi connectivity index (χ1n) is 10.5. The molecule has 31 heavy (non-hydrogen) atoms. The van der Waals surface area contributed by atoms with Gasteiger partial charge >= 0.3 is 0 Å². The molecule has 0 spiro atoms. The van der Waals surface area contributed by atoms with Crippen LogP contribution < -0.4 is 10.2 Å². The van der Waals surface area contributed by atoms with Gasteiger partial charge < -0.3 is 15.1 Å². The molecule has 0 saturated carbocycles. The summed E-state index contributed by atoms with van der Waals surface area (Å²) in [4.78, 5) is 17.8. The maximum Gasteiger partial charge on any atom is 0.214 e. The van der Waals surface area contributed by atoms with E-state index in [2.05, 4.69) is 56.2 Å². The standard InChI is InChI=1S/C23H27N7S/c1-15(2)19-11-29(22-21-20(26-14-27-22)17(4)12-31-21)9-10-30(19)23(25-13-24)28-18-8-6-5-7-16(18)3/h5-8,12,14-15,19H,9-11H2,1-4H3,(H,25,28). The Hall–Kier alpha value is -3.18. The van der Waals surface area contributed by atoms with Crippen molar-refractivity contribution in [2.75, 3.05) is 29.9 Å². The number of aliphatic imine (C=N–C) groups is 1. The zero-order valence-electron chi connectivity index (χ0n) is 18.3. The number of thiophene rings is 1. The second-order valence-corrected chi connectivity index (χ2v) is 9.10. The van der Waals surface area contributed by atoms with Gasteiger partial charge in [0.2, 0.25) is 12.2 Å². The number of fused-ring (bicyclic) bond motifs is 1. The third kappa shape index (κ3) is 4.19. The van der Waals surface area contributed by atoms with Crippen molar-refractivity contribution in [3.63, 3.8) is 0 Å². The Kier molecular flexibility index (Phi) is 6.05. The molecule has 8 heteroatoms. The van der Waals surface area contributed by atoms with E-state index in [1.54, 1.807) is 17.7 Å². The molecule has 2 aromatic heterocycles. The number of piperazine rings is 1. The van der Waals surface area contributed by atoms with Crippen molar-refractivity contribution >= 4 is 39.0 Å². The van der Waals surface area contributed by atoms with Crippen molar-refractivity contribution in [1.29, 1.82) is 5.26 Å². The summed E-state index contributed by atoms with van der Waals surface area (Å²) in [6.45, 7) is 10.9. The van der Waals surface area contributed by atoms with Gasteiger partial charge in [-0.2, -0.15) is 5.26 Å². The minimum atomic E-state index is 0.184. The number of guanidine groups is 1. The number of nitrogens with one attached hydrogen (secondary N) is 1. The van der Waals surface area contributed by atoms with Crippen LogP contribution in [0.15, 0.2) is 41.0 Å². The molecule has 0 aliphatic carbocycles. The summed E-state index contributed by atoms with van der Waals surface area (Å²) in [6.07, 6.45) is 3.65. The maximum absolute atomic E-state index is 9.36. The van der Waals surface area contributed by atoms with Crippen molar-refractivity contribution in [3.8, 4) is 6.19 Å². The van der Waals surface area contributed by atoms with Gasteiger partial charge in [0.15, 0.2) is 0 Å². The van der Waals surface area contributed by atoms with Crippen LogP contribution >= 0.6 is 11.3 Å². The van der Waals surface area contributed by atoms with Gasteiger partial charge in [0, 0.05) is 25.3 Å². The van der Waals surface area contributed by atoms with Crippen molar-refractivity contribution in [2.24, 2.45) is 10.9 Å². The Balaban J connectivity index is 1.62. The molecule has 3 heterocycles. The van der Waals surface area contributed by atoms with Gasteiger partial charge in [-0.1, -0.05) is 32.0 Å². The predicted molar refractivity (Wildman–Crippen MR) is 128 cm³/mol. The summed E-state index contributed by atoms with van der Waals surface area (Å²) >= 11 is 1.70. The number of benzene rings is 1.